The number of hydrogen-bond acceptors (Lipinski definition) is 2. The molecule has 0 heterocycles. The fourth-order valence-corrected chi connectivity index (χ4v) is 0.407. The SMILES string of the molecule is [2H]C([2H])(O)C(C)(C)C(C)(C)C(=O)O. The molecule has 0 rings (SSSR count). The van der Waals surface area contributed by atoms with Crippen molar-refractivity contribution in [3.63, 3.8) is 0 Å². The lowest BCUT2D eigenvalue weighted by Crippen LogP contribution is -2.41. The maximum absolute atomic E-state index is 10.8. The summed E-state index contributed by atoms with van der Waals surface area (Å²) in [5.74, 6) is -1.13. The van der Waals surface area contributed by atoms with Gasteiger partial charge in [-0.3, -0.25) is 4.79 Å². The molecule has 0 aromatic rings. The fraction of sp³-hybridized carbons (Fsp3) is 0.875. The second-order valence-electron chi connectivity index (χ2n) is 3.67. The predicted octanol–water partition coefficient (Wildman–Crippen LogP) is 1.12. The largest absolute Gasteiger partial charge is 0.481 e. The van der Waals surface area contributed by atoms with Crippen molar-refractivity contribution in [1.82, 2.24) is 0 Å². The highest BCUT2D eigenvalue weighted by molar-refractivity contribution is 5.74. The molecule has 0 unspecified atom stereocenters. The Morgan fingerprint density at radius 3 is 1.91 bits per heavy atom. The summed E-state index contributed by atoms with van der Waals surface area (Å²) in [6.07, 6.45) is 0. The minimum absolute atomic E-state index is 1.13. The third-order valence-corrected chi connectivity index (χ3v) is 2.38. The van der Waals surface area contributed by atoms with E-state index in [1.807, 2.05) is 0 Å². The van der Waals surface area contributed by atoms with Crippen LogP contribution in [0.2, 0.25) is 0 Å². The van der Waals surface area contributed by atoms with Gasteiger partial charge in [0.2, 0.25) is 0 Å². The van der Waals surface area contributed by atoms with Crippen LogP contribution in [0.15, 0.2) is 0 Å². The first kappa shape index (κ1) is 7.10. The van der Waals surface area contributed by atoms with Gasteiger partial charge in [-0.25, -0.2) is 0 Å². The van der Waals surface area contributed by atoms with Crippen molar-refractivity contribution in [2.24, 2.45) is 10.8 Å². The monoisotopic (exact) mass is 162 g/mol. The van der Waals surface area contributed by atoms with E-state index in [4.69, 9.17) is 7.85 Å². The molecule has 0 aliphatic carbocycles. The minimum Gasteiger partial charge on any atom is -0.481 e. The van der Waals surface area contributed by atoms with Crippen LogP contribution in [-0.2, 0) is 4.79 Å². The van der Waals surface area contributed by atoms with Gasteiger partial charge in [0.1, 0.15) is 0 Å². The van der Waals surface area contributed by atoms with Crippen LogP contribution in [0.1, 0.15) is 30.4 Å². The normalized spacial score (nSPS) is 17.2. The van der Waals surface area contributed by atoms with Crippen molar-refractivity contribution in [2.75, 3.05) is 6.56 Å². The average molecular weight is 162 g/mol. The molecule has 0 aliphatic heterocycles. The zero-order chi connectivity index (χ0) is 11.1. The molecular formula is C8H16O3. The Morgan fingerprint density at radius 2 is 1.82 bits per heavy atom. The van der Waals surface area contributed by atoms with Crippen LogP contribution >= 0.6 is 0 Å². The zero-order valence-corrected chi connectivity index (χ0v) is 7.30. The zero-order valence-electron chi connectivity index (χ0n) is 9.30. The van der Waals surface area contributed by atoms with Crippen molar-refractivity contribution in [2.45, 2.75) is 27.7 Å². The summed E-state index contributed by atoms with van der Waals surface area (Å²) >= 11 is 0. The molecular weight excluding hydrogens is 144 g/mol. The lowest BCUT2D eigenvalue weighted by Gasteiger charge is -2.36. The predicted molar refractivity (Wildman–Crippen MR) is 42.3 cm³/mol. The quantitative estimate of drug-likeness (QED) is 0.653. The maximum atomic E-state index is 10.8. The summed E-state index contributed by atoms with van der Waals surface area (Å²) in [5.41, 5.74) is -2.68. The van der Waals surface area contributed by atoms with E-state index in [2.05, 4.69) is 0 Å². The Morgan fingerprint density at radius 1 is 1.45 bits per heavy atom. The highest BCUT2D eigenvalue weighted by Crippen LogP contribution is 2.37. The Hall–Kier alpha value is -0.570. The lowest BCUT2D eigenvalue weighted by atomic mass is 9.68. The summed E-state index contributed by atoms with van der Waals surface area (Å²) in [4.78, 5) is 10.8. The fourth-order valence-electron chi connectivity index (χ4n) is 0.407. The molecule has 0 aromatic heterocycles. The lowest BCUT2D eigenvalue weighted by molar-refractivity contribution is -0.155. The maximum Gasteiger partial charge on any atom is 0.309 e. The second kappa shape index (κ2) is 2.81. The van der Waals surface area contributed by atoms with Gasteiger partial charge in [-0.1, -0.05) is 13.8 Å². The molecule has 3 nitrogen and oxygen atoms in total. The van der Waals surface area contributed by atoms with Crippen molar-refractivity contribution in [3.8, 4) is 0 Å². The molecule has 66 valence electrons. The molecule has 0 amide bonds. The van der Waals surface area contributed by atoms with Crippen LogP contribution in [0.5, 0.6) is 0 Å². The van der Waals surface area contributed by atoms with Crippen molar-refractivity contribution in [3.05, 3.63) is 0 Å². The smallest absolute Gasteiger partial charge is 0.309 e. The number of carbonyl (C=O) groups is 1. The third kappa shape index (κ3) is 1.71. The number of aliphatic hydroxyl groups is 1. The molecule has 3 heteroatoms. The first-order valence-corrected chi connectivity index (χ1v) is 3.40. The first-order valence-electron chi connectivity index (χ1n) is 4.40. The van der Waals surface area contributed by atoms with Gasteiger partial charge in [0.05, 0.1) is 8.16 Å². The Balaban J connectivity index is 5.16. The summed E-state index contributed by atoms with van der Waals surface area (Å²) in [5, 5.41) is 18.1. The van der Waals surface area contributed by atoms with Gasteiger partial charge in [-0.15, -0.1) is 0 Å². The Labute approximate surface area is 69.9 Å². The van der Waals surface area contributed by atoms with E-state index < -0.39 is 23.4 Å². The van der Waals surface area contributed by atoms with Crippen molar-refractivity contribution in [1.29, 1.82) is 0 Å². The molecule has 0 spiro atoms. The molecule has 0 saturated heterocycles. The van der Waals surface area contributed by atoms with Crippen LogP contribution in [0.3, 0.4) is 0 Å². The third-order valence-electron chi connectivity index (χ3n) is 2.38. The number of hydrogen-bond donors (Lipinski definition) is 2. The molecule has 0 atom stereocenters. The van der Waals surface area contributed by atoms with Gasteiger partial charge in [0, 0.05) is 12.0 Å². The van der Waals surface area contributed by atoms with Gasteiger partial charge >= 0.3 is 5.97 Å². The second-order valence-corrected chi connectivity index (χ2v) is 3.67. The van der Waals surface area contributed by atoms with E-state index in [-0.39, 0.29) is 0 Å². The van der Waals surface area contributed by atoms with E-state index in [1.165, 1.54) is 27.7 Å². The molecule has 0 bridgehead atoms. The highest BCUT2D eigenvalue weighted by atomic mass is 16.4. The molecule has 0 fully saturated rings. The van der Waals surface area contributed by atoms with Gasteiger partial charge in [0.15, 0.2) is 0 Å². The summed E-state index contributed by atoms with van der Waals surface area (Å²) in [7, 11) is 0. The van der Waals surface area contributed by atoms with E-state index in [1.54, 1.807) is 0 Å². The molecule has 0 saturated carbocycles. The summed E-state index contributed by atoms with van der Waals surface area (Å²) in [6.45, 7) is 3.05. The van der Waals surface area contributed by atoms with E-state index >= 15 is 0 Å². The van der Waals surface area contributed by atoms with E-state index in [0.717, 1.165) is 0 Å². The molecule has 2 N–H and O–H groups in total. The van der Waals surface area contributed by atoms with Gasteiger partial charge in [0.25, 0.3) is 0 Å². The average Bonchev–Trinajstić information content (AvgIpc) is 1.84. The highest BCUT2D eigenvalue weighted by Gasteiger charge is 2.42. The van der Waals surface area contributed by atoms with Gasteiger partial charge in [-0.2, -0.15) is 0 Å². The molecule has 0 radical (unpaired) electrons. The van der Waals surface area contributed by atoms with Crippen molar-refractivity contribution >= 4 is 5.97 Å². The molecule has 11 heavy (non-hydrogen) atoms. The van der Waals surface area contributed by atoms with Crippen LogP contribution in [-0.4, -0.2) is 22.7 Å². The number of carboxylic acids is 1. The van der Waals surface area contributed by atoms with Gasteiger partial charge in [-0.05, 0) is 13.8 Å². The molecule has 0 aromatic carbocycles. The Bertz CT molecular complexity index is 216. The Kier molecular flexibility index (Phi) is 1.82. The topological polar surface area (TPSA) is 57.5 Å². The molecule has 0 aliphatic rings. The van der Waals surface area contributed by atoms with Crippen LogP contribution in [0.25, 0.3) is 0 Å². The number of carboxylic acid groups (broad SMARTS) is 1. The summed E-state index contributed by atoms with van der Waals surface area (Å²) in [6, 6.07) is 0. The van der Waals surface area contributed by atoms with E-state index in [9.17, 15) is 9.90 Å². The number of rotatable bonds is 3. The van der Waals surface area contributed by atoms with E-state index in [0.29, 0.717) is 0 Å². The first-order chi connectivity index (χ1) is 5.44. The number of aliphatic carboxylic acids is 1. The van der Waals surface area contributed by atoms with Crippen LogP contribution < -0.4 is 0 Å². The van der Waals surface area contributed by atoms with Crippen molar-refractivity contribution < 1.29 is 17.7 Å². The summed E-state index contributed by atoms with van der Waals surface area (Å²) < 4.78 is 14.3. The van der Waals surface area contributed by atoms with Crippen LogP contribution in [0, 0.1) is 10.8 Å². The minimum atomic E-state index is -2.52. The standard InChI is InChI=1S/C8H16O3/c1-7(2,5-9)8(3,4)6(10)11/h9H,5H2,1-4H3,(H,10,11)/i5D2. The van der Waals surface area contributed by atoms with Crippen LogP contribution in [0.4, 0.5) is 0 Å². The van der Waals surface area contributed by atoms with Gasteiger partial charge < -0.3 is 10.2 Å².